The molecule has 1 aromatic rings. The summed E-state index contributed by atoms with van der Waals surface area (Å²) in [6.45, 7) is 6.57. The average molecular weight is 286 g/mol. The van der Waals surface area contributed by atoms with Crippen molar-refractivity contribution < 1.29 is 5.11 Å². The lowest BCUT2D eigenvalue weighted by atomic mass is 10.0. The maximum atomic E-state index is 9.89. The fourth-order valence-corrected chi connectivity index (χ4v) is 1.63. The quantitative estimate of drug-likeness (QED) is 0.870. The van der Waals surface area contributed by atoms with Crippen LogP contribution < -0.4 is 5.32 Å². The van der Waals surface area contributed by atoms with Gasteiger partial charge in [-0.05, 0) is 38.0 Å². The van der Waals surface area contributed by atoms with Crippen molar-refractivity contribution in [2.75, 3.05) is 6.54 Å². The molecule has 2 nitrogen and oxygen atoms in total. The molecule has 0 spiro atoms. The summed E-state index contributed by atoms with van der Waals surface area (Å²) >= 11 is 3.42. The van der Waals surface area contributed by atoms with Gasteiger partial charge in [0, 0.05) is 17.1 Å². The third-order valence-corrected chi connectivity index (χ3v) is 3.45. The van der Waals surface area contributed by atoms with Gasteiger partial charge in [0.15, 0.2) is 0 Å². The first-order valence-corrected chi connectivity index (χ1v) is 6.45. The molecule has 0 saturated carbocycles. The Morgan fingerprint density at radius 1 is 1.38 bits per heavy atom. The second-order valence-corrected chi connectivity index (χ2v) is 5.42. The highest BCUT2D eigenvalue weighted by atomic mass is 79.9. The van der Waals surface area contributed by atoms with Crippen LogP contribution in [0.4, 0.5) is 0 Å². The van der Waals surface area contributed by atoms with E-state index in [1.54, 1.807) is 0 Å². The smallest absolute Gasteiger partial charge is 0.0741 e. The van der Waals surface area contributed by atoms with Crippen LogP contribution in [0.3, 0.4) is 0 Å². The Morgan fingerprint density at radius 2 is 1.94 bits per heavy atom. The second kappa shape index (κ2) is 5.80. The minimum atomic E-state index is -0.621. The van der Waals surface area contributed by atoms with Crippen molar-refractivity contribution in [3.05, 3.63) is 34.3 Å². The van der Waals surface area contributed by atoms with Gasteiger partial charge in [-0.25, -0.2) is 0 Å². The fraction of sp³-hybridized carbons (Fsp3) is 0.538. The van der Waals surface area contributed by atoms with Crippen LogP contribution in [0.2, 0.25) is 0 Å². The van der Waals surface area contributed by atoms with E-state index < -0.39 is 5.60 Å². The lowest BCUT2D eigenvalue weighted by Crippen LogP contribution is -2.38. The van der Waals surface area contributed by atoms with E-state index in [1.165, 1.54) is 5.56 Å². The van der Waals surface area contributed by atoms with E-state index in [0.29, 0.717) is 6.54 Å². The third kappa shape index (κ3) is 4.24. The van der Waals surface area contributed by atoms with E-state index in [0.717, 1.165) is 10.9 Å². The average Bonchev–Trinajstić information content (AvgIpc) is 2.27. The van der Waals surface area contributed by atoms with Gasteiger partial charge in [0.1, 0.15) is 0 Å². The Morgan fingerprint density at radius 3 is 2.44 bits per heavy atom. The van der Waals surface area contributed by atoms with Crippen LogP contribution in [0.25, 0.3) is 0 Å². The van der Waals surface area contributed by atoms with Crippen molar-refractivity contribution in [2.45, 2.75) is 38.8 Å². The van der Waals surface area contributed by atoms with Crippen LogP contribution in [-0.2, 0) is 0 Å². The molecular formula is C13H20BrNO. The zero-order valence-corrected chi connectivity index (χ0v) is 11.7. The van der Waals surface area contributed by atoms with E-state index in [1.807, 2.05) is 26.0 Å². The molecule has 0 aliphatic heterocycles. The van der Waals surface area contributed by atoms with Crippen molar-refractivity contribution >= 4 is 15.9 Å². The Balaban J connectivity index is 2.53. The SMILES string of the molecule is CCC(C)(O)CN[C@H](C)c1ccc(Br)cc1. The number of halogens is 1. The van der Waals surface area contributed by atoms with Crippen LogP contribution in [0, 0.1) is 0 Å². The Labute approximate surface area is 106 Å². The molecule has 0 bridgehead atoms. The summed E-state index contributed by atoms with van der Waals surface area (Å²) in [6, 6.07) is 8.49. The number of rotatable bonds is 5. The second-order valence-electron chi connectivity index (χ2n) is 4.50. The van der Waals surface area contributed by atoms with Gasteiger partial charge in [-0.1, -0.05) is 35.0 Å². The van der Waals surface area contributed by atoms with E-state index in [-0.39, 0.29) is 6.04 Å². The number of hydrogen-bond donors (Lipinski definition) is 2. The summed E-state index contributed by atoms with van der Waals surface area (Å²) in [5.74, 6) is 0. The predicted octanol–water partition coefficient (Wildman–Crippen LogP) is 3.26. The maximum Gasteiger partial charge on any atom is 0.0741 e. The Hall–Kier alpha value is -0.380. The van der Waals surface area contributed by atoms with Crippen LogP contribution >= 0.6 is 15.9 Å². The van der Waals surface area contributed by atoms with Crippen LogP contribution in [0.5, 0.6) is 0 Å². The first-order chi connectivity index (χ1) is 7.44. The van der Waals surface area contributed by atoms with Gasteiger partial charge in [0.05, 0.1) is 5.60 Å². The lowest BCUT2D eigenvalue weighted by molar-refractivity contribution is 0.0533. The zero-order chi connectivity index (χ0) is 12.2. The maximum absolute atomic E-state index is 9.89. The molecule has 0 aliphatic carbocycles. The van der Waals surface area contributed by atoms with Gasteiger partial charge in [-0.2, -0.15) is 0 Å². The molecule has 3 heteroatoms. The number of benzene rings is 1. The molecule has 0 heterocycles. The van der Waals surface area contributed by atoms with Gasteiger partial charge < -0.3 is 10.4 Å². The van der Waals surface area contributed by atoms with E-state index in [4.69, 9.17) is 0 Å². The molecule has 90 valence electrons. The highest BCUT2D eigenvalue weighted by Gasteiger charge is 2.18. The number of nitrogens with one attached hydrogen (secondary N) is 1. The number of aliphatic hydroxyl groups is 1. The van der Waals surface area contributed by atoms with Crippen LogP contribution in [0.1, 0.15) is 38.8 Å². The minimum Gasteiger partial charge on any atom is -0.389 e. The van der Waals surface area contributed by atoms with Crippen molar-refractivity contribution in [3.63, 3.8) is 0 Å². The fourth-order valence-electron chi connectivity index (χ4n) is 1.37. The van der Waals surface area contributed by atoms with Crippen LogP contribution in [0.15, 0.2) is 28.7 Å². The Kier molecular flexibility index (Phi) is 4.96. The first kappa shape index (κ1) is 13.7. The molecule has 0 aromatic heterocycles. The summed E-state index contributed by atoms with van der Waals surface area (Å²) in [5.41, 5.74) is 0.610. The zero-order valence-electron chi connectivity index (χ0n) is 10.1. The molecular weight excluding hydrogens is 266 g/mol. The molecule has 0 aliphatic rings. The topological polar surface area (TPSA) is 32.3 Å². The normalized spacial score (nSPS) is 16.8. The summed E-state index contributed by atoms with van der Waals surface area (Å²) in [7, 11) is 0. The molecule has 0 saturated heterocycles. The molecule has 0 fully saturated rings. The van der Waals surface area contributed by atoms with Crippen molar-refractivity contribution in [1.29, 1.82) is 0 Å². The van der Waals surface area contributed by atoms with E-state index in [9.17, 15) is 5.11 Å². The van der Waals surface area contributed by atoms with Gasteiger partial charge in [0.25, 0.3) is 0 Å². The third-order valence-electron chi connectivity index (χ3n) is 2.92. The molecule has 1 rings (SSSR count). The molecule has 0 amide bonds. The van der Waals surface area contributed by atoms with Gasteiger partial charge in [-0.15, -0.1) is 0 Å². The molecule has 0 radical (unpaired) electrons. The summed E-state index contributed by atoms with van der Waals surface area (Å²) in [5, 5.41) is 13.2. The van der Waals surface area contributed by atoms with E-state index in [2.05, 4.69) is 40.3 Å². The minimum absolute atomic E-state index is 0.256. The van der Waals surface area contributed by atoms with Crippen molar-refractivity contribution in [3.8, 4) is 0 Å². The van der Waals surface area contributed by atoms with Crippen LogP contribution in [-0.4, -0.2) is 17.3 Å². The molecule has 1 unspecified atom stereocenters. The monoisotopic (exact) mass is 285 g/mol. The van der Waals surface area contributed by atoms with E-state index >= 15 is 0 Å². The molecule has 2 atom stereocenters. The molecule has 16 heavy (non-hydrogen) atoms. The Bertz CT molecular complexity index is 321. The standard InChI is InChI=1S/C13H20BrNO/c1-4-13(3,16)9-15-10(2)11-5-7-12(14)8-6-11/h5-8,10,15-16H,4,9H2,1-3H3/t10-,13?/m1/s1. The largest absolute Gasteiger partial charge is 0.389 e. The summed E-state index contributed by atoms with van der Waals surface area (Å²) < 4.78 is 1.09. The summed E-state index contributed by atoms with van der Waals surface area (Å²) in [4.78, 5) is 0. The first-order valence-electron chi connectivity index (χ1n) is 5.66. The van der Waals surface area contributed by atoms with Crippen molar-refractivity contribution in [1.82, 2.24) is 5.32 Å². The predicted molar refractivity (Wildman–Crippen MR) is 71.5 cm³/mol. The highest BCUT2D eigenvalue weighted by Crippen LogP contribution is 2.17. The molecule has 1 aromatic carbocycles. The van der Waals surface area contributed by atoms with Crippen molar-refractivity contribution in [2.24, 2.45) is 0 Å². The van der Waals surface area contributed by atoms with Gasteiger partial charge >= 0.3 is 0 Å². The lowest BCUT2D eigenvalue weighted by Gasteiger charge is -2.24. The highest BCUT2D eigenvalue weighted by molar-refractivity contribution is 9.10. The summed E-state index contributed by atoms with van der Waals surface area (Å²) in [6.07, 6.45) is 0.757. The van der Waals surface area contributed by atoms with Gasteiger partial charge in [-0.3, -0.25) is 0 Å². The molecule has 2 N–H and O–H groups in total. The number of hydrogen-bond acceptors (Lipinski definition) is 2. The van der Waals surface area contributed by atoms with Gasteiger partial charge in [0.2, 0.25) is 0 Å².